The molecule has 1 amide bonds. The second-order valence-corrected chi connectivity index (χ2v) is 12.8. The monoisotopic (exact) mass is 680 g/mol. The third kappa shape index (κ3) is 5.79. The largest absolute Gasteiger partial charge is 0.330 e. The lowest BCUT2D eigenvalue weighted by atomic mass is 10.1. The van der Waals surface area contributed by atoms with Crippen LogP contribution in [0.15, 0.2) is 163 Å². The Balaban J connectivity index is 1.07. The van der Waals surface area contributed by atoms with Gasteiger partial charge >= 0.3 is 0 Å². The van der Waals surface area contributed by atoms with Crippen molar-refractivity contribution in [3.05, 3.63) is 175 Å². The summed E-state index contributed by atoms with van der Waals surface area (Å²) in [6.07, 6.45) is 5.87. The molecule has 0 radical (unpaired) electrons. The molecule has 9 rings (SSSR count). The number of rotatable bonds is 8. The van der Waals surface area contributed by atoms with Gasteiger partial charge in [-0.1, -0.05) is 108 Å². The van der Waals surface area contributed by atoms with Crippen LogP contribution < -0.4 is 10.2 Å². The number of amides is 1. The van der Waals surface area contributed by atoms with E-state index in [0.29, 0.717) is 21.5 Å². The number of hydrogen-bond donors (Lipinski definition) is 1. The van der Waals surface area contributed by atoms with Gasteiger partial charge in [0.05, 0.1) is 17.1 Å². The van der Waals surface area contributed by atoms with Crippen LogP contribution in [0.3, 0.4) is 0 Å². The summed E-state index contributed by atoms with van der Waals surface area (Å²) in [5, 5.41) is 22.5. The van der Waals surface area contributed by atoms with E-state index >= 15 is 0 Å². The number of carbonyl (C=O) groups excluding carboxylic acids is 1. The Hall–Kier alpha value is -6.91. The second-order valence-electron chi connectivity index (χ2n) is 11.9. The molecule has 0 bridgehead atoms. The van der Waals surface area contributed by atoms with Gasteiger partial charge in [0.1, 0.15) is 0 Å². The molecule has 4 heterocycles. The fraction of sp³-hybridized carbons (Fsp3) is 0. The Morgan fingerprint density at radius 2 is 1.27 bits per heavy atom. The third-order valence-corrected chi connectivity index (χ3v) is 9.39. The number of hydrogen-bond acceptors (Lipinski definition) is 7. The lowest BCUT2D eigenvalue weighted by Crippen LogP contribution is -2.24. The smallest absolute Gasteiger partial charge is 0.262 e. The molecule has 0 saturated heterocycles. The van der Waals surface area contributed by atoms with Crippen LogP contribution in [-0.2, 0) is 4.79 Å². The van der Waals surface area contributed by atoms with E-state index in [4.69, 9.17) is 10.2 Å². The van der Waals surface area contributed by atoms with Crippen molar-refractivity contribution in [2.24, 2.45) is 0 Å². The van der Waals surface area contributed by atoms with Crippen LogP contribution in [0.1, 0.15) is 11.1 Å². The van der Waals surface area contributed by atoms with Gasteiger partial charge in [0, 0.05) is 39.8 Å². The Labute approximate surface area is 297 Å². The average molecular weight is 681 g/mol. The van der Waals surface area contributed by atoms with E-state index < -0.39 is 0 Å². The molecule has 0 aliphatic carbocycles. The first kappa shape index (κ1) is 30.2. The van der Waals surface area contributed by atoms with Crippen molar-refractivity contribution in [2.45, 2.75) is 0 Å². The van der Waals surface area contributed by atoms with E-state index in [2.05, 4.69) is 15.5 Å². The number of nitrogens with one attached hydrogen (secondary N) is 1. The Morgan fingerprint density at radius 3 is 1.98 bits per heavy atom. The van der Waals surface area contributed by atoms with E-state index in [0.717, 1.165) is 50.7 Å². The molecule has 1 aliphatic heterocycles. The van der Waals surface area contributed by atoms with Crippen molar-refractivity contribution in [1.29, 1.82) is 0 Å². The van der Waals surface area contributed by atoms with Gasteiger partial charge in [-0.2, -0.15) is 9.61 Å². The molecular formula is C41H28N8OS. The van der Waals surface area contributed by atoms with Crippen molar-refractivity contribution in [3.63, 3.8) is 0 Å². The molecule has 0 atom stereocenters. The van der Waals surface area contributed by atoms with Crippen molar-refractivity contribution < 1.29 is 4.79 Å². The summed E-state index contributed by atoms with van der Waals surface area (Å²) < 4.78 is 3.60. The van der Waals surface area contributed by atoms with Gasteiger partial charge < -0.3 is 5.32 Å². The van der Waals surface area contributed by atoms with Crippen LogP contribution in [-0.4, -0.2) is 35.5 Å². The van der Waals surface area contributed by atoms with Gasteiger partial charge in [0.25, 0.3) is 5.91 Å². The lowest BCUT2D eigenvalue weighted by Gasteiger charge is -2.21. The number of anilines is 3. The summed E-state index contributed by atoms with van der Waals surface area (Å²) >= 11 is 1.42. The standard InChI is InChI=1S/C41H28N8OS/c50-39-31(25-32-27-47(34-19-11-4-12-20-34)45-37(32)29-15-7-2-8-16-29)26-36(28-13-5-1-6-14-28)48(39)35-23-21-30(22-24-35)38-43-44-41-49(38)46-40(51-41)42-33-17-9-3-10-18-33/h1-27H,(H,42,46)/b31-25+. The molecular weight excluding hydrogens is 653 g/mol. The van der Waals surface area contributed by atoms with E-state index in [-0.39, 0.29) is 5.91 Å². The van der Waals surface area contributed by atoms with Crippen LogP contribution in [0.25, 0.3) is 45.1 Å². The van der Waals surface area contributed by atoms with Gasteiger partial charge in [-0.3, -0.25) is 9.69 Å². The third-order valence-electron chi connectivity index (χ3n) is 8.57. The Kier molecular flexibility index (Phi) is 7.60. The summed E-state index contributed by atoms with van der Waals surface area (Å²) in [5.41, 5.74) is 8.32. The zero-order valence-electron chi connectivity index (χ0n) is 27.0. The quantitative estimate of drug-likeness (QED) is 0.161. The summed E-state index contributed by atoms with van der Waals surface area (Å²) in [5.74, 6) is 0.485. The summed E-state index contributed by atoms with van der Waals surface area (Å²) in [7, 11) is 0. The molecule has 0 saturated carbocycles. The van der Waals surface area contributed by atoms with Crippen LogP contribution >= 0.6 is 11.3 Å². The fourth-order valence-electron chi connectivity index (χ4n) is 6.14. The van der Waals surface area contributed by atoms with E-state index in [1.54, 1.807) is 9.42 Å². The predicted octanol–water partition coefficient (Wildman–Crippen LogP) is 8.92. The van der Waals surface area contributed by atoms with Crippen LogP contribution in [0.4, 0.5) is 16.5 Å². The molecule has 5 aromatic carbocycles. The zero-order chi connectivity index (χ0) is 34.1. The van der Waals surface area contributed by atoms with Gasteiger partial charge in [-0.05, 0) is 66.2 Å². The molecule has 0 unspecified atom stereocenters. The Morgan fingerprint density at radius 1 is 0.627 bits per heavy atom. The number of para-hydroxylation sites is 2. The van der Waals surface area contributed by atoms with Crippen LogP contribution in [0.2, 0.25) is 0 Å². The number of aromatic nitrogens is 6. The average Bonchev–Trinajstić information content (AvgIpc) is 3.97. The Bertz CT molecular complexity index is 2560. The fourth-order valence-corrected chi connectivity index (χ4v) is 6.90. The minimum Gasteiger partial charge on any atom is -0.330 e. The first-order valence-corrected chi connectivity index (χ1v) is 17.2. The molecule has 10 heteroatoms. The van der Waals surface area contributed by atoms with Gasteiger partial charge in [0.15, 0.2) is 5.82 Å². The second kappa shape index (κ2) is 12.8. The number of benzene rings is 5. The maximum atomic E-state index is 14.4. The first-order chi connectivity index (χ1) is 25.2. The molecule has 0 spiro atoms. The summed E-state index contributed by atoms with van der Waals surface area (Å²) in [4.78, 5) is 16.8. The van der Waals surface area contributed by atoms with Gasteiger partial charge in [-0.15, -0.1) is 15.3 Å². The van der Waals surface area contributed by atoms with Crippen LogP contribution in [0.5, 0.6) is 0 Å². The highest BCUT2D eigenvalue weighted by atomic mass is 32.1. The van der Waals surface area contributed by atoms with Crippen molar-refractivity contribution >= 4 is 50.5 Å². The maximum Gasteiger partial charge on any atom is 0.262 e. The number of carbonyl (C=O) groups is 1. The van der Waals surface area contributed by atoms with Gasteiger partial charge in [-0.25, -0.2) is 4.68 Å². The lowest BCUT2D eigenvalue weighted by molar-refractivity contribution is -0.113. The highest BCUT2D eigenvalue weighted by molar-refractivity contribution is 7.20. The highest BCUT2D eigenvalue weighted by Crippen LogP contribution is 2.37. The summed E-state index contributed by atoms with van der Waals surface area (Å²) in [6.45, 7) is 0. The molecule has 8 aromatic rings. The number of nitrogens with zero attached hydrogens (tertiary/aromatic N) is 7. The first-order valence-electron chi connectivity index (χ1n) is 16.4. The van der Waals surface area contributed by atoms with Crippen molar-refractivity contribution in [2.75, 3.05) is 10.2 Å². The van der Waals surface area contributed by atoms with E-state index in [1.807, 2.05) is 169 Å². The molecule has 3 aromatic heterocycles. The normalized spacial score (nSPS) is 13.6. The maximum absolute atomic E-state index is 14.4. The van der Waals surface area contributed by atoms with Crippen molar-refractivity contribution in [1.82, 2.24) is 29.6 Å². The van der Waals surface area contributed by atoms with Crippen molar-refractivity contribution in [3.8, 4) is 28.3 Å². The molecule has 1 N–H and O–H groups in total. The minimum absolute atomic E-state index is 0.130. The highest BCUT2D eigenvalue weighted by Gasteiger charge is 2.31. The molecule has 9 nitrogen and oxygen atoms in total. The molecule has 51 heavy (non-hydrogen) atoms. The topological polar surface area (TPSA) is 93.2 Å². The van der Waals surface area contributed by atoms with Gasteiger partial charge in [0.2, 0.25) is 10.1 Å². The molecule has 244 valence electrons. The minimum atomic E-state index is -0.130. The number of fused-ring (bicyclic) bond motifs is 1. The van der Waals surface area contributed by atoms with E-state index in [9.17, 15) is 4.79 Å². The molecule has 1 aliphatic rings. The molecule has 0 fully saturated rings. The van der Waals surface area contributed by atoms with E-state index in [1.165, 1.54) is 11.3 Å². The zero-order valence-corrected chi connectivity index (χ0v) is 27.9. The van der Waals surface area contributed by atoms with Crippen LogP contribution in [0, 0.1) is 0 Å². The predicted molar refractivity (Wildman–Crippen MR) is 203 cm³/mol. The SMILES string of the molecule is O=C1/C(=C/c2cn(-c3ccccc3)nc2-c2ccccc2)C=C(c2ccccc2)N1c1ccc(-c2nnc3sc(Nc4ccccc4)nn23)cc1. The summed E-state index contributed by atoms with van der Waals surface area (Å²) in [6, 6.07) is 47.6.